The first-order valence-corrected chi connectivity index (χ1v) is 11.1. The Balaban J connectivity index is 0.00000300. The van der Waals surface area contributed by atoms with Gasteiger partial charge in [-0.3, -0.25) is 9.56 Å². The number of hydrogen-bond acceptors (Lipinski definition) is 4. The van der Waals surface area contributed by atoms with Gasteiger partial charge in [-0.1, -0.05) is 0 Å². The summed E-state index contributed by atoms with van der Waals surface area (Å²) in [5.74, 6) is 1.77. The lowest BCUT2D eigenvalue weighted by Crippen LogP contribution is -2.43. The van der Waals surface area contributed by atoms with Crippen LogP contribution in [0.4, 0.5) is 0 Å². The molecule has 1 atom stereocenters. The van der Waals surface area contributed by atoms with E-state index in [-0.39, 0.29) is 29.7 Å². The number of thiophene rings is 1. The van der Waals surface area contributed by atoms with Crippen LogP contribution in [0.15, 0.2) is 21.9 Å². The average Bonchev–Trinajstić information content (AvgIpc) is 3.22. The molecule has 1 aliphatic heterocycles. The van der Waals surface area contributed by atoms with Crippen LogP contribution in [0.5, 0.6) is 0 Å². The number of aryl methyl sites for hydroxylation is 3. The van der Waals surface area contributed by atoms with E-state index in [9.17, 15) is 4.79 Å². The zero-order valence-corrected chi connectivity index (χ0v) is 20.8. The van der Waals surface area contributed by atoms with Gasteiger partial charge in [-0.15, -0.1) is 35.3 Å². The number of nitrogens with zero attached hydrogens (tertiary/aromatic N) is 4. The third kappa shape index (κ3) is 6.84. The molecule has 1 unspecified atom stereocenters. The minimum absolute atomic E-state index is 0. The summed E-state index contributed by atoms with van der Waals surface area (Å²) >= 11 is 1.85. The molecule has 0 bridgehead atoms. The van der Waals surface area contributed by atoms with E-state index < -0.39 is 0 Å². The number of guanidine groups is 1. The predicted molar refractivity (Wildman–Crippen MR) is 131 cm³/mol. The van der Waals surface area contributed by atoms with Crippen LogP contribution in [0.3, 0.4) is 0 Å². The maximum Gasteiger partial charge on any atom is 0.345 e. The van der Waals surface area contributed by atoms with Crippen molar-refractivity contribution in [2.24, 2.45) is 4.99 Å². The van der Waals surface area contributed by atoms with Crippen LogP contribution in [0.25, 0.3) is 0 Å². The first-order valence-electron chi connectivity index (χ1n) is 10.3. The first kappa shape index (κ1) is 23.9. The molecule has 2 N–H and O–H groups in total. The van der Waals surface area contributed by atoms with Crippen molar-refractivity contribution in [3.05, 3.63) is 38.2 Å². The van der Waals surface area contributed by atoms with Crippen molar-refractivity contribution in [2.45, 2.75) is 72.0 Å². The zero-order valence-electron chi connectivity index (χ0n) is 17.6. The minimum Gasteiger partial charge on any atom is -0.357 e. The number of aliphatic imine (C=N–C) groups is 1. The Hall–Kier alpha value is -1.36. The summed E-state index contributed by atoms with van der Waals surface area (Å²) in [6.07, 6.45) is 4.89. The van der Waals surface area contributed by atoms with Gasteiger partial charge in [-0.2, -0.15) is 5.10 Å². The van der Waals surface area contributed by atoms with E-state index in [2.05, 4.69) is 53.6 Å². The highest BCUT2D eigenvalue weighted by Crippen LogP contribution is 2.16. The van der Waals surface area contributed by atoms with E-state index in [1.807, 2.05) is 15.9 Å². The normalized spacial score (nSPS) is 14.8. The van der Waals surface area contributed by atoms with Gasteiger partial charge in [-0.05, 0) is 52.2 Å². The summed E-state index contributed by atoms with van der Waals surface area (Å²) in [7, 11) is 0. The Kier molecular flexibility index (Phi) is 9.67. The van der Waals surface area contributed by atoms with Crippen LogP contribution in [-0.4, -0.2) is 39.4 Å². The molecule has 0 saturated heterocycles. The van der Waals surface area contributed by atoms with Gasteiger partial charge >= 0.3 is 5.69 Å². The standard InChI is InChI=1S/C20H32N6OS.HI/c1-4-21-19(23-15(2)14-17-10-9-16(3)28-17)22-11-7-13-26-20(27)25-12-6-5-8-18(25)24-26;/h9-10,15H,4-8,11-14H2,1-3H3,(H2,21,22,23);1H. The molecule has 0 aliphatic carbocycles. The molecule has 9 heteroatoms. The van der Waals surface area contributed by atoms with Crippen molar-refractivity contribution in [3.8, 4) is 0 Å². The molecule has 1 aliphatic rings. The highest BCUT2D eigenvalue weighted by molar-refractivity contribution is 14.0. The monoisotopic (exact) mass is 532 g/mol. The van der Waals surface area contributed by atoms with Crippen molar-refractivity contribution in [2.75, 3.05) is 13.1 Å². The van der Waals surface area contributed by atoms with E-state index in [1.54, 1.807) is 4.68 Å². The number of halogens is 1. The second-order valence-corrected chi connectivity index (χ2v) is 8.78. The van der Waals surface area contributed by atoms with E-state index >= 15 is 0 Å². The molecule has 0 fully saturated rings. The third-order valence-corrected chi connectivity index (χ3v) is 5.88. The lowest BCUT2D eigenvalue weighted by molar-refractivity contribution is 0.509. The van der Waals surface area contributed by atoms with Gasteiger partial charge in [-0.25, -0.2) is 9.48 Å². The molecule has 0 amide bonds. The quantitative estimate of drug-likeness (QED) is 0.237. The topological polar surface area (TPSA) is 76.2 Å². The van der Waals surface area contributed by atoms with Crippen LogP contribution >= 0.6 is 35.3 Å². The fraction of sp³-hybridized carbons (Fsp3) is 0.650. The lowest BCUT2D eigenvalue weighted by atomic mass is 10.2. The Morgan fingerprint density at radius 3 is 2.90 bits per heavy atom. The summed E-state index contributed by atoms with van der Waals surface area (Å²) in [4.78, 5) is 19.8. The zero-order chi connectivity index (χ0) is 19.9. The average molecular weight is 532 g/mol. The summed E-state index contributed by atoms with van der Waals surface area (Å²) in [5, 5.41) is 11.3. The number of rotatable bonds is 8. The van der Waals surface area contributed by atoms with Crippen molar-refractivity contribution in [1.82, 2.24) is 25.0 Å². The van der Waals surface area contributed by atoms with Gasteiger partial charge in [0.15, 0.2) is 5.96 Å². The lowest BCUT2D eigenvalue weighted by Gasteiger charge is -2.17. The Bertz CT molecular complexity index is 856. The van der Waals surface area contributed by atoms with Crippen molar-refractivity contribution >= 4 is 41.3 Å². The first-order chi connectivity index (χ1) is 13.6. The SMILES string of the molecule is CCNC(=NCCCn1nc2n(c1=O)CCCC2)NC(C)Cc1ccc(C)s1.I. The number of aromatic nitrogens is 3. The molecule has 2 aromatic heterocycles. The van der Waals surface area contributed by atoms with Gasteiger partial charge in [0.05, 0.1) is 0 Å². The predicted octanol–water partition coefficient (Wildman–Crippen LogP) is 2.95. The highest BCUT2D eigenvalue weighted by Gasteiger charge is 2.16. The molecule has 3 rings (SSSR count). The van der Waals surface area contributed by atoms with E-state index in [0.717, 1.165) is 57.0 Å². The van der Waals surface area contributed by atoms with Gasteiger partial charge in [0.25, 0.3) is 0 Å². The van der Waals surface area contributed by atoms with Gasteiger partial charge in [0, 0.05) is 54.8 Å². The molecule has 162 valence electrons. The summed E-state index contributed by atoms with van der Waals surface area (Å²) in [5.41, 5.74) is 0.0311. The number of nitrogens with one attached hydrogen (secondary N) is 2. The fourth-order valence-electron chi connectivity index (χ4n) is 3.51. The molecule has 2 aromatic rings. The third-order valence-electron chi connectivity index (χ3n) is 4.86. The van der Waals surface area contributed by atoms with E-state index in [4.69, 9.17) is 0 Å². The molecule has 0 radical (unpaired) electrons. The molecular formula is C20H33IN6OS. The Morgan fingerprint density at radius 1 is 1.38 bits per heavy atom. The Morgan fingerprint density at radius 2 is 2.21 bits per heavy atom. The molecule has 0 saturated carbocycles. The minimum atomic E-state index is 0. The highest BCUT2D eigenvalue weighted by atomic mass is 127. The molecule has 0 spiro atoms. The molecule has 29 heavy (non-hydrogen) atoms. The Labute approximate surface area is 194 Å². The van der Waals surface area contributed by atoms with Crippen molar-refractivity contribution in [1.29, 1.82) is 0 Å². The molecule has 3 heterocycles. The second kappa shape index (κ2) is 11.7. The van der Waals surface area contributed by atoms with Gasteiger partial charge in [0.2, 0.25) is 0 Å². The molecule has 0 aromatic carbocycles. The van der Waals surface area contributed by atoms with Crippen LogP contribution in [0.2, 0.25) is 0 Å². The van der Waals surface area contributed by atoms with Gasteiger partial charge in [0.1, 0.15) is 5.82 Å². The van der Waals surface area contributed by atoms with E-state index in [0.29, 0.717) is 19.1 Å². The smallest absolute Gasteiger partial charge is 0.345 e. The van der Waals surface area contributed by atoms with Crippen LogP contribution in [0, 0.1) is 6.92 Å². The van der Waals surface area contributed by atoms with E-state index in [1.165, 1.54) is 9.75 Å². The van der Waals surface area contributed by atoms with Crippen LogP contribution < -0.4 is 16.3 Å². The van der Waals surface area contributed by atoms with Crippen molar-refractivity contribution < 1.29 is 0 Å². The summed E-state index contributed by atoms with van der Waals surface area (Å²) < 4.78 is 3.44. The maximum atomic E-state index is 12.4. The summed E-state index contributed by atoms with van der Waals surface area (Å²) in [6.45, 7) is 9.29. The number of hydrogen-bond donors (Lipinski definition) is 2. The molecule has 7 nitrogen and oxygen atoms in total. The summed E-state index contributed by atoms with van der Waals surface area (Å²) in [6, 6.07) is 4.67. The molecular weight excluding hydrogens is 499 g/mol. The van der Waals surface area contributed by atoms with Crippen LogP contribution in [0.1, 0.15) is 48.7 Å². The number of fused-ring (bicyclic) bond motifs is 1. The second-order valence-electron chi connectivity index (χ2n) is 7.41. The van der Waals surface area contributed by atoms with Gasteiger partial charge < -0.3 is 10.6 Å². The van der Waals surface area contributed by atoms with Crippen molar-refractivity contribution in [3.63, 3.8) is 0 Å². The van der Waals surface area contributed by atoms with Crippen LogP contribution in [-0.2, 0) is 25.9 Å². The largest absolute Gasteiger partial charge is 0.357 e. The maximum absolute atomic E-state index is 12.4. The fourth-order valence-corrected chi connectivity index (χ4v) is 4.53.